The zero-order valence-corrected chi connectivity index (χ0v) is 14.6. The van der Waals surface area contributed by atoms with Gasteiger partial charge in [-0.1, -0.05) is 48.5 Å². The predicted octanol–water partition coefficient (Wildman–Crippen LogP) is 3.98. The van der Waals surface area contributed by atoms with Crippen molar-refractivity contribution in [3.63, 3.8) is 0 Å². The fourth-order valence-electron chi connectivity index (χ4n) is 3.15. The summed E-state index contributed by atoms with van der Waals surface area (Å²) in [5, 5.41) is 14.8. The second-order valence-electron chi connectivity index (χ2n) is 6.20. The molecule has 0 saturated carbocycles. The number of nitrogens with one attached hydrogen (secondary N) is 1. The van der Waals surface area contributed by atoms with E-state index in [9.17, 15) is 14.9 Å². The van der Waals surface area contributed by atoms with Gasteiger partial charge >= 0.3 is 0 Å². The maximum absolute atomic E-state index is 12.9. The van der Waals surface area contributed by atoms with Crippen LogP contribution in [0.3, 0.4) is 0 Å². The molecule has 138 valence electrons. The third kappa shape index (κ3) is 3.33. The van der Waals surface area contributed by atoms with Crippen molar-refractivity contribution in [1.82, 2.24) is 5.43 Å². The molecule has 1 aliphatic heterocycles. The molecular formula is C21H15N3O4. The number of hydrogen-bond acceptors (Lipinski definition) is 5. The van der Waals surface area contributed by atoms with Crippen molar-refractivity contribution in [2.24, 2.45) is 5.10 Å². The van der Waals surface area contributed by atoms with Crippen molar-refractivity contribution in [1.29, 1.82) is 0 Å². The Morgan fingerprint density at radius 2 is 1.64 bits per heavy atom. The van der Waals surface area contributed by atoms with Crippen LogP contribution in [0.2, 0.25) is 0 Å². The number of non-ortho nitro benzene ring substituents is 1. The number of hydrazone groups is 1. The maximum atomic E-state index is 12.9. The molecule has 1 N–H and O–H groups in total. The van der Waals surface area contributed by atoms with Crippen LogP contribution >= 0.6 is 0 Å². The molecule has 0 spiro atoms. The Bertz CT molecular complexity index is 1050. The summed E-state index contributed by atoms with van der Waals surface area (Å²) < 4.78 is 5.88. The molecule has 0 atom stereocenters. The van der Waals surface area contributed by atoms with Crippen molar-refractivity contribution in [3.05, 3.63) is 99.6 Å². The van der Waals surface area contributed by atoms with Crippen LogP contribution in [0.1, 0.15) is 22.6 Å². The van der Waals surface area contributed by atoms with Gasteiger partial charge in [0.2, 0.25) is 0 Å². The van der Waals surface area contributed by atoms with Crippen molar-refractivity contribution in [3.8, 4) is 11.5 Å². The van der Waals surface area contributed by atoms with E-state index in [2.05, 4.69) is 10.5 Å². The first-order valence-electron chi connectivity index (χ1n) is 8.56. The summed E-state index contributed by atoms with van der Waals surface area (Å²) in [4.78, 5) is 23.3. The van der Waals surface area contributed by atoms with E-state index in [1.54, 1.807) is 12.1 Å². The molecule has 0 fully saturated rings. The van der Waals surface area contributed by atoms with Crippen LogP contribution in [-0.4, -0.2) is 17.0 Å². The minimum atomic E-state index is -0.566. The van der Waals surface area contributed by atoms with Gasteiger partial charge in [-0.2, -0.15) is 5.10 Å². The summed E-state index contributed by atoms with van der Waals surface area (Å²) in [5.74, 6) is 0.376. The molecular weight excluding hydrogens is 358 g/mol. The molecule has 3 aromatic carbocycles. The molecule has 0 aliphatic carbocycles. The highest BCUT2D eigenvalue weighted by Crippen LogP contribution is 2.43. The molecule has 1 heterocycles. The van der Waals surface area contributed by atoms with E-state index in [0.717, 1.165) is 11.1 Å². The monoisotopic (exact) mass is 373 g/mol. The van der Waals surface area contributed by atoms with Gasteiger partial charge in [0, 0.05) is 28.8 Å². The maximum Gasteiger partial charge on any atom is 0.270 e. The Morgan fingerprint density at radius 1 is 1.00 bits per heavy atom. The number of benzene rings is 3. The van der Waals surface area contributed by atoms with Crippen LogP contribution in [-0.2, 0) is 4.79 Å². The van der Waals surface area contributed by atoms with Crippen LogP contribution in [0.25, 0.3) is 0 Å². The number of para-hydroxylation sites is 2. The second-order valence-corrected chi connectivity index (χ2v) is 6.20. The Kier molecular flexibility index (Phi) is 4.55. The van der Waals surface area contributed by atoms with Gasteiger partial charge in [0.25, 0.3) is 11.6 Å². The lowest BCUT2D eigenvalue weighted by atomic mass is 9.87. The summed E-state index contributed by atoms with van der Waals surface area (Å²) in [5.41, 5.74) is 4.52. The van der Waals surface area contributed by atoms with E-state index in [1.165, 1.54) is 18.3 Å². The van der Waals surface area contributed by atoms with Gasteiger partial charge in [-0.05, 0) is 12.1 Å². The molecule has 0 saturated heterocycles. The highest BCUT2D eigenvalue weighted by molar-refractivity contribution is 5.90. The summed E-state index contributed by atoms with van der Waals surface area (Å²) in [7, 11) is 0. The van der Waals surface area contributed by atoms with Gasteiger partial charge in [0.15, 0.2) is 0 Å². The zero-order chi connectivity index (χ0) is 19.5. The van der Waals surface area contributed by atoms with Gasteiger partial charge in [0.1, 0.15) is 11.5 Å². The number of nitro benzene ring substituents is 1. The minimum Gasteiger partial charge on any atom is -0.457 e. The van der Waals surface area contributed by atoms with Crippen molar-refractivity contribution in [2.75, 3.05) is 0 Å². The van der Waals surface area contributed by atoms with E-state index in [0.29, 0.717) is 17.1 Å². The van der Waals surface area contributed by atoms with Gasteiger partial charge in [-0.15, -0.1) is 0 Å². The standard InChI is InChI=1S/C21H15N3O4/c25-21(23-22-13-14-6-5-7-15(12-14)24(26)27)20-16-8-1-3-10-18(16)28-19-11-4-2-9-17(19)20/h1-13,20H,(H,23,25). The molecule has 4 rings (SSSR count). The van der Waals surface area contributed by atoms with Crippen LogP contribution in [0.5, 0.6) is 11.5 Å². The second kappa shape index (κ2) is 7.32. The lowest BCUT2D eigenvalue weighted by molar-refractivity contribution is -0.384. The molecule has 7 nitrogen and oxygen atoms in total. The number of nitrogens with zero attached hydrogens (tertiary/aromatic N) is 2. The molecule has 7 heteroatoms. The average Bonchev–Trinajstić information content (AvgIpc) is 2.72. The quantitative estimate of drug-likeness (QED) is 0.425. The first-order chi connectivity index (χ1) is 13.6. The number of nitro groups is 1. The van der Waals surface area contributed by atoms with Gasteiger partial charge < -0.3 is 4.74 Å². The summed E-state index contributed by atoms with van der Waals surface area (Å²) >= 11 is 0. The number of rotatable bonds is 4. The van der Waals surface area contributed by atoms with Crippen LogP contribution < -0.4 is 10.2 Å². The normalized spacial score (nSPS) is 12.7. The minimum absolute atomic E-state index is 0.0393. The lowest BCUT2D eigenvalue weighted by Gasteiger charge is -2.26. The highest BCUT2D eigenvalue weighted by Gasteiger charge is 2.32. The van der Waals surface area contributed by atoms with Gasteiger partial charge in [-0.3, -0.25) is 14.9 Å². The van der Waals surface area contributed by atoms with E-state index >= 15 is 0 Å². The number of carbonyl (C=O) groups is 1. The molecule has 0 aromatic heterocycles. The third-order valence-corrected chi connectivity index (χ3v) is 4.41. The summed E-state index contributed by atoms with van der Waals surface area (Å²) in [6.45, 7) is 0. The fraction of sp³-hybridized carbons (Fsp3) is 0.0476. The Hall–Kier alpha value is -4.00. The molecule has 1 amide bonds. The van der Waals surface area contributed by atoms with Gasteiger partial charge in [-0.25, -0.2) is 5.43 Å². The Morgan fingerprint density at radius 3 is 2.29 bits per heavy atom. The summed E-state index contributed by atoms with van der Waals surface area (Å²) in [6.07, 6.45) is 1.38. The third-order valence-electron chi connectivity index (χ3n) is 4.41. The molecule has 28 heavy (non-hydrogen) atoms. The largest absolute Gasteiger partial charge is 0.457 e. The number of ether oxygens (including phenoxy) is 1. The van der Waals surface area contributed by atoms with E-state index in [4.69, 9.17) is 4.74 Å². The predicted molar refractivity (Wildman–Crippen MR) is 104 cm³/mol. The van der Waals surface area contributed by atoms with Gasteiger partial charge in [0.05, 0.1) is 17.1 Å². The van der Waals surface area contributed by atoms with E-state index in [1.807, 2.05) is 48.5 Å². The summed E-state index contributed by atoms with van der Waals surface area (Å²) in [6, 6.07) is 20.7. The molecule has 0 bridgehead atoms. The average molecular weight is 373 g/mol. The van der Waals surface area contributed by atoms with Crippen LogP contribution in [0, 0.1) is 10.1 Å². The first kappa shape index (κ1) is 17.4. The first-order valence-corrected chi connectivity index (χ1v) is 8.56. The Balaban J connectivity index is 1.59. The van der Waals surface area contributed by atoms with Crippen molar-refractivity contribution >= 4 is 17.8 Å². The molecule has 3 aromatic rings. The van der Waals surface area contributed by atoms with Crippen molar-refractivity contribution in [2.45, 2.75) is 5.92 Å². The number of hydrogen-bond donors (Lipinski definition) is 1. The highest BCUT2D eigenvalue weighted by atomic mass is 16.6. The topological polar surface area (TPSA) is 93.8 Å². The van der Waals surface area contributed by atoms with Crippen LogP contribution in [0.15, 0.2) is 77.9 Å². The lowest BCUT2D eigenvalue weighted by Crippen LogP contribution is -2.28. The number of carbonyl (C=O) groups excluding carboxylic acids is 1. The van der Waals surface area contributed by atoms with Crippen LogP contribution in [0.4, 0.5) is 5.69 Å². The molecule has 0 unspecified atom stereocenters. The van der Waals surface area contributed by atoms with E-state index < -0.39 is 10.8 Å². The Labute approximate surface area is 160 Å². The SMILES string of the molecule is O=C(NN=Cc1cccc([N+](=O)[O-])c1)C1c2ccccc2Oc2ccccc21. The zero-order valence-electron chi connectivity index (χ0n) is 14.6. The molecule has 1 aliphatic rings. The van der Waals surface area contributed by atoms with Crippen molar-refractivity contribution < 1.29 is 14.5 Å². The number of fused-ring (bicyclic) bond motifs is 2. The fourth-order valence-corrected chi connectivity index (χ4v) is 3.15. The molecule has 0 radical (unpaired) electrons. The smallest absolute Gasteiger partial charge is 0.270 e. The van der Waals surface area contributed by atoms with E-state index in [-0.39, 0.29) is 11.6 Å². The number of amides is 1.